The molecular weight excluding hydrogens is 555 g/mol. The van der Waals surface area contributed by atoms with Crippen LogP contribution in [0, 0.1) is 5.82 Å². The molecule has 2 aliphatic heterocycles. The third kappa shape index (κ3) is 5.14. The first kappa shape index (κ1) is 25.1. The summed E-state index contributed by atoms with van der Waals surface area (Å²) < 4.78 is 14.2. The van der Waals surface area contributed by atoms with Crippen LogP contribution in [0.1, 0.15) is 37.5 Å². The summed E-state index contributed by atoms with van der Waals surface area (Å²) in [7, 11) is 0. The summed E-state index contributed by atoms with van der Waals surface area (Å²) in [5.74, 6) is -1.00. The first-order chi connectivity index (χ1) is 17.6. The summed E-state index contributed by atoms with van der Waals surface area (Å²) in [5, 5.41) is 11.7. The van der Waals surface area contributed by atoms with Crippen molar-refractivity contribution < 1.29 is 14.0 Å². The van der Waals surface area contributed by atoms with Gasteiger partial charge in [0.05, 0.1) is 16.3 Å². The summed E-state index contributed by atoms with van der Waals surface area (Å²) in [6, 6.07) is 19.0. The normalized spacial score (nSPS) is 18.7. The van der Waals surface area contributed by atoms with Gasteiger partial charge in [-0.05, 0) is 76.8 Å². The predicted octanol–water partition coefficient (Wildman–Crippen LogP) is 6.72. The third-order valence-corrected chi connectivity index (χ3v) is 7.35. The maximum Gasteiger partial charge on any atom is 0.276 e. The van der Waals surface area contributed by atoms with E-state index in [9.17, 15) is 14.0 Å². The lowest BCUT2D eigenvalue weighted by atomic mass is 9.87. The molecule has 5 rings (SSSR count). The molecule has 1 saturated heterocycles. The molecule has 0 spiro atoms. The van der Waals surface area contributed by atoms with Crippen LogP contribution in [0.25, 0.3) is 6.08 Å². The third-order valence-electron chi connectivity index (χ3n) is 5.90. The van der Waals surface area contributed by atoms with Crippen molar-refractivity contribution in [3.05, 3.63) is 98.6 Å². The van der Waals surface area contributed by atoms with E-state index in [2.05, 4.69) is 52.2 Å². The summed E-state index contributed by atoms with van der Waals surface area (Å²) in [4.78, 5) is 28.0. The molecule has 0 atom stereocenters. The smallest absolute Gasteiger partial charge is 0.276 e. The van der Waals surface area contributed by atoms with Crippen LogP contribution < -0.4 is 10.2 Å². The van der Waals surface area contributed by atoms with Crippen LogP contribution in [0.2, 0.25) is 0 Å². The molecule has 1 N–H and O–H groups in total. The summed E-state index contributed by atoms with van der Waals surface area (Å²) in [6.45, 7) is 6.36. The Balaban J connectivity index is 1.57. The van der Waals surface area contributed by atoms with E-state index in [4.69, 9.17) is 0 Å². The van der Waals surface area contributed by atoms with Gasteiger partial charge >= 0.3 is 0 Å². The van der Waals surface area contributed by atoms with E-state index in [-0.39, 0.29) is 28.8 Å². The fourth-order valence-corrected chi connectivity index (χ4v) is 5.20. The van der Waals surface area contributed by atoms with Crippen molar-refractivity contribution in [2.75, 3.05) is 10.2 Å². The van der Waals surface area contributed by atoms with E-state index < -0.39 is 0 Å². The number of carbonyl (C=O) groups excluding carboxylic acids is 2. The largest absolute Gasteiger partial charge is 0.320 e. The SMILES string of the molecule is CC(C)(C)c1ccc(N2C(=O)C(=Cc3ccc(F)cc3)SC2=NN=C2C(=O)Nc3ccc(Br)cc32)cc1. The van der Waals surface area contributed by atoms with Gasteiger partial charge in [0.2, 0.25) is 5.17 Å². The Bertz CT molecular complexity index is 1510. The summed E-state index contributed by atoms with van der Waals surface area (Å²) >= 11 is 4.57. The number of carbonyl (C=O) groups is 2. The van der Waals surface area contributed by atoms with Crippen molar-refractivity contribution in [3.63, 3.8) is 0 Å². The van der Waals surface area contributed by atoms with Gasteiger partial charge in [0.15, 0.2) is 5.71 Å². The van der Waals surface area contributed by atoms with Gasteiger partial charge in [-0.25, -0.2) is 4.39 Å². The zero-order valence-electron chi connectivity index (χ0n) is 20.3. The first-order valence-electron chi connectivity index (χ1n) is 11.5. The van der Waals surface area contributed by atoms with E-state index in [1.807, 2.05) is 30.3 Å². The topological polar surface area (TPSA) is 74.1 Å². The average Bonchev–Trinajstić information content (AvgIpc) is 3.33. The molecule has 6 nitrogen and oxygen atoms in total. The monoisotopic (exact) mass is 576 g/mol. The molecule has 2 aliphatic rings. The molecule has 0 radical (unpaired) electrons. The molecule has 1 fully saturated rings. The number of halogens is 2. The lowest BCUT2D eigenvalue weighted by Crippen LogP contribution is -2.29. The van der Waals surface area contributed by atoms with Crippen molar-refractivity contribution in [2.45, 2.75) is 26.2 Å². The van der Waals surface area contributed by atoms with Gasteiger partial charge in [-0.1, -0.05) is 61.0 Å². The number of benzene rings is 3. The molecule has 3 aromatic carbocycles. The van der Waals surface area contributed by atoms with E-state index in [1.165, 1.54) is 17.0 Å². The second kappa shape index (κ2) is 9.72. The maximum absolute atomic E-state index is 13.5. The highest BCUT2D eigenvalue weighted by Crippen LogP contribution is 2.37. The second-order valence-electron chi connectivity index (χ2n) is 9.57. The number of fused-ring (bicyclic) bond motifs is 1. The van der Waals surface area contributed by atoms with Crippen LogP contribution in [-0.4, -0.2) is 22.7 Å². The van der Waals surface area contributed by atoms with E-state index in [0.29, 0.717) is 32.6 Å². The molecule has 2 amide bonds. The number of amidine groups is 1. The molecule has 37 heavy (non-hydrogen) atoms. The number of nitrogens with zero attached hydrogens (tertiary/aromatic N) is 3. The Morgan fingerprint density at radius 3 is 2.35 bits per heavy atom. The maximum atomic E-state index is 13.5. The first-order valence-corrected chi connectivity index (χ1v) is 13.1. The Labute approximate surface area is 226 Å². The number of amides is 2. The quantitative estimate of drug-likeness (QED) is 0.278. The fourth-order valence-electron chi connectivity index (χ4n) is 3.91. The highest BCUT2D eigenvalue weighted by atomic mass is 79.9. The summed E-state index contributed by atoms with van der Waals surface area (Å²) in [5.41, 5.74) is 3.83. The van der Waals surface area contributed by atoms with Gasteiger partial charge in [0.1, 0.15) is 5.82 Å². The number of hydrogen-bond acceptors (Lipinski definition) is 5. The van der Waals surface area contributed by atoms with E-state index >= 15 is 0 Å². The lowest BCUT2D eigenvalue weighted by molar-refractivity contribution is -0.113. The van der Waals surface area contributed by atoms with Crippen LogP contribution >= 0.6 is 27.7 Å². The number of thioether (sulfide) groups is 1. The fraction of sp³-hybridized carbons (Fsp3) is 0.143. The van der Waals surface area contributed by atoms with Crippen molar-refractivity contribution in [1.82, 2.24) is 0 Å². The van der Waals surface area contributed by atoms with Gasteiger partial charge in [-0.3, -0.25) is 14.5 Å². The van der Waals surface area contributed by atoms with Crippen LogP contribution in [0.4, 0.5) is 15.8 Å². The molecule has 0 aromatic heterocycles. The number of rotatable bonds is 3. The Hall–Kier alpha value is -3.56. The standard InChI is InChI=1S/C28H22BrFN4O2S/c1-28(2,3)17-6-11-20(12-7-17)34-26(36)23(14-16-4-9-19(30)10-5-16)37-27(34)33-32-24-21-15-18(29)8-13-22(21)31-25(24)35/h4-15H,1-3H3,(H,31,32,35). The van der Waals surface area contributed by atoms with Gasteiger partial charge in [0, 0.05) is 10.0 Å². The Morgan fingerprint density at radius 1 is 0.973 bits per heavy atom. The van der Waals surface area contributed by atoms with Gasteiger partial charge < -0.3 is 5.32 Å². The minimum absolute atomic E-state index is 0.0453. The number of anilines is 2. The van der Waals surface area contributed by atoms with Crippen LogP contribution in [0.5, 0.6) is 0 Å². The zero-order chi connectivity index (χ0) is 26.3. The van der Waals surface area contributed by atoms with Crippen molar-refractivity contribution >= 4 is 67.8 Å². The van der Waals surface area contributed by atoms with Crippen molar-refractivity contribution in [2.24, 2.45) is 10.2 Å². The van der Waals surface area contributed by atoms with Gasteiger partial charge in [0.25, 0.3) is 11.8 Å². The predicted molar refractivity (Wildman–Crippen MR) is 151 cm³/mol. The van der Waals surface area contributed by atoms with Crippen molar-refractivity contribution in [1.29, 1.82) is 0 Å². The van der Waals surface area contributed by atoms with E-state index in [0.717, 1.165) is 21.8 Å². The number of nitrogens with one attached hydrogen (secondary N) is 1. The van der Waals surface area contributed by atoms with Crippen LogP contribution in [-0.2, 0) is 15.0 Å². The highest BCUT2D eigenvalue weighted by Gasteiger charge is 2.35. The van der Waals surface area contributed by atoms with Gasteiger partial charge in [-0.15, -0.1) is 10.2 Å². The molecule has 0 saturated carbocycles. The molecule has 3 aromatic rings. The number of hydrogen-bond donors (Lipinski definition) is 1. The molecule has 9 heteroatoms. The Kier molecular flexibility index (Phi) is 6.59. The average molecular weight is 577 g/mol. The minimum Gasteiger partial charge on any atom is -0.320 e. The molecule has 0 bridgehead atoms. The lowest BCUT2D eigenvalue weighted by Gasteiger charge is -2.21. The van der Waals surface area contributed by atoms with Crippen LogP contribution in [0.3, 0.4) is 0 Å². The molecule has 2 heterocycles. The van der Waals surface area contributed by atoms with Crippen LogP contribution in [0.15, 0.2) is 86.3 Å². The molecular formula is C28H22BrFN4O2S. The molecule has 0 unspecified atom stereocenters. The Morgan fingerprint density at radius 2 is 1.68 bits per heavy atom. The van der Waals surface area contributed by atoms with Gasteiger partial charge in [-0.2, -0.15) is 0 Å². The highest BCUT2D eigenvalue weighted by molar-refractivity contribution is 9.10. The molecule has 186 valence electrons. The van der Waals surface area contributed by atoms with Crippen molar-refractivity contribution in [3.8, 4) is 0 Å². The minimum atomic E-state index is -0.366. The zero-order valence-corrected chi connectivity index (χ0v) is 22.7. The van der Waals surface area contributed by atoms with E-state index in [1.54, 1.807) is 30.3 Å². The second-order valence-corrected chi connectivity index (χ2v) is 11.5. The summed E-state index contributed by atoms with van der Waals surface area (Å²) in [6.07, 6.45) is 1.69. The molecule has 0 aliphatic carbocycles.